The van der Waals surface area contributed by atoms with Crippen LogP contribution in [0.3, 0.4) is 0 Å². The molecule has 0 aromatic carbocycles. The summed E-state index contributed by atoms with van der Waals surface area (Å²) in [4.78, 5) is 2.74. The van der Waals surface area contributed by atoms with Crippen LogP contribution < -0.4 is 5.73 Å². The van der Waals surface area contributed by atoms with Crippen molar-refractivity contribution in [1.29, 1.82) is 0 Å². The van der Waals surface area contributed by atoms with Crippen LogP contribution in [0.4, 0.5) is 0 Å². The summed E-state index contributed by atoms with van der Waals surface area (Å²) in [6.45, 7) is 8.37. The monoisotopic (exact) mass is 238 g/mol. The van der Waals surface area contributed by atoms with Crippen molar-refractivity contribution < 1.29 is 0 Å². The van der Waals surface area contributed by atoms with Gasteiger partial charge in [0.1, 0.15) is 0 Å². The first-order valence-electron chi connectivity index (χ1n) is 7.66. The molecule has 4 unspecified atom stereocenters. The van der Waals surface area contributed by atoms with E-state index in [2.05, 4.69) is 18.7 Å². The molecule has 100 valence electrons. The summed E-state index contributed by atoms with van der Waals surface area (Å²) in [5.74, 6) is 2.55. The number of rotatable bonds is 3. The molecule has 0 amide bonds. The second kappa shape index (κ2) is 6.19. The molecule has 2 nitrogen and oxygen atoms in total. The fourth-order valence-electron chi connectivity index (χ4n) is 3.81. The van der Waals surface area contributed by atoms with Gasteiger partial charge in [0.05, 0.1) is 0 Å². The lowest BCUT2D eigenvalue weighted by molar-refractivity contribution is 0.0705. The average Bonchev–Trinajstić information content (AvgIpc) is 2.35. The molecule has 2 heteroatoms. The summed E-state index contributed by atoms with van der Waals surface area (Å²) in [6.07, 6.45) is 8.44. The first-order chi connectivity index (χ1) is 8.22. The van der Waals surface area contributed by atoms with Crippen molar-refractivity contribution in [3.63, 3.8) is 0 Å². The Bertz CT molecular complexity index is 223. The van der Waals surface area contributed by atoms with E-state index in [4.69, 9.17) is 5.73 Å². The summed E-state index contributed by atoms with van der Waals surface area (Å²) in [6, 6.07) is 0.782. The predicted octanol–water partition coefficient (Wildman–Crippen LogP) is 2.87. The Morgan fingerprint density at radius 1 is 1.00 bits per heavy atom. The van der Waals surface area contributed by atoms with E-state index in [1.54, 1.807) is 0 Å². The maximum Gasteiger partial charge on any atom is 0.00926 e. The van der Waals surface area contributed by atoms with Gasteiger partial charge in [0.2, 0.25) is 0 Å². The number of nitrogens with zero attached hydrogens (tertiary/aromatic N) is 1. The standard InChI is InChI=1S/C15H30N2/c1-12-6-5-9-17(13(12)2)11-15-8-4-3-7-14(15)10-16/h12-15H,3-11,16H2,1-2H3. The third kappa shape index (κ3) is 3.23. The van der Waals surface area contributed by atoms with Gasteiger partial charge >= 0.3 is 0 Å². The van der Waals surface area contributed by atoms with Gasteiger partial charge in [-0.15, -0.1) is 0 Å². The van der Waals surface area contributed by atoms with Gasteiger partial charge in [-0.1, -0.05) is 19.8 Å². The predicted molar refractivity (Wildman–Crippen MR) is 73.9 cm³/mol. The average molecular weight is 238 g/mol. The normalized spacial score (nSPS) is 40.4. The Morgan fingerprint density at radius 2 is 1.71 bits per heavy atom. The fraction of sp³-hybridized carbons (Fsp3) is 1.00. The number of nitrogens with two attached hydrogens (primary N) is 1. The van der Waals surface area contributed by atoms with Crippen molar-refractivity contribution in [2.75, 3.05) is 19.6 Å². The van der Waals surface area contributed by atoms with E-state index in [0.717, 1.165) is 30.3 Å². The summed E-state index contributed by atoms with van der Waals surface area (Å²) < 4.78 is 0. The van der Waals surface area contributed by atoms with Gasteiger partial charge < -0.3 is 10.6 Å². The topological polar surface area (TPSA) is 29.3 Å². The molecule has 2 aliphatic rings. The Balaban J connectivity index is 1.89. The molecule has 4 atom stereocenters. The van der Waals surface area contributed by atoms with Crippen molar-refractivity contribution in [2.45, 2.75) is 58.4 Å². The minimum Gasteiger partial charge on any atom is -0.330 e. The third-order valence-electron chi connectivity index (χ3n) is 5.34. The molecule has 2 N–H and O–H groups in total. The van der Waals surface area contributed by atoms with E-state index < -0.39 is 0 Å². The Hall–Kier alpha value is -0.0800. The summed E-state index contributed by atoms with van der Waals surface area (Å²) in [7, 11) is 0. The molecule has 0 bridgehead atoms. The van der Waals surface area contributed by atoms with Crippen molar-refractivity contribution in [3.8, 4) is 0 Å². The van der Waals surface area contributed by atoms with E-state index in [0.29, 0.717) is 0 Å². The number of hydrogen-bond acceptors (Lipinski definition) is 2. The minimum atomic E-state index is 0.782. The molecule has 0 radical (unpaired) electrons. The van der Waals surface area contributed by atoms with Crippen LogP contribution in [0.2, 0.25) is 0 Å². The lowest BCUT2D eigenvalue weighted by atomic mass is 9.78. The van der Waals surface area contributed by atoms with Gasteiger partial charge in [-0.25, -0.2) is 0 Å². The number of piperidine rings is 1. The van der Waals surface area contributed by atoms with Crippen LogP contribution in [0.1, 0.15) is 52.4 Å². The van der Waals surface area contributed by atoms with E-state index in [1.807, 2.05) is 0 Å². The Morgan fingerprint density at radius 3 is 2.41 bits per heavy atom. The molecule has 1 aliphatic heterocycles. The van der Waals surface area contributed by atoms with Crippen LogP contribution in [0.5, 0.6) is 0 Å². The highest BCUT2D eigenvalue weighted by atomic mass is 15.2. The largest absolute Gasteiger partial charge is 0.330 e. The molecule has 2 fully saturated rings. The van der Waals surface area contributed by atoms with Gasteiger partial charge in [0.25, 0.3) is 0 Å². The molecule has 0 aromatic heterocycles. The molecule has 2 rings (SSSR count). The molecule has 0 spiro atoms. The number of likely N-dealkylation sites (tertiary alicyclic amines) is 1. The molecular weight excluding hydrogens is 208 g/mol. The van der Waals surface area contributed by atoms with E-state index in [9.17, 15) is 0 Å². The molecule has 1 saturated heterocycles. The van der Waals surface area contributed by atoms with Gasteiger partial charge in [-0.2, -0.15) is 0 Å². The van der Waals surface area contributed by atoms with Crippen molar-refractivity contribution in [3.05, 3.63) is 0 Å². The second-order valence-corrected chi connectivity index (χ2v) is 6.40. The van der Waals surface area contributed by atoms with Crippen LogP contribution >= 0.6 is 0 Å². The van der Waals surface area contributed by atoms with Crippen LogP contribution in [0, 0.1) is 17.8 Å². The molecule has 1 aliphatic carbocycles. The van der Waals surface area contributed by atoms with Crippen molar-refractivity contribution in [2.24, 2.45) is 23.5 Å². The summed E-state index contributed by atoms with van der Waals surface area (Å²) in [5, 5.41) is 0. The zero-order chi connectivity index (χ0) is 12.3. The van der Waals surface area contributed by atoms with E-state index >= 15 is 0 Å². The fourth-order valence-corrected chi connectivity index (χ4v) is 3.81. The second-order valence-electron chi connectivity index (χ2n) is 6.40. The maximum atomic E-state index is 5.94. The molecule has 0 aromatic rings. The van der Waals surface area contributed by atoms with Gasteiger partial charge in [-0.05, 0) is 63.5 Å². The van der Waals surface area contributed by atoms with Crippen molar-refractivity contribution >= 4 is 0 Å². The molecular formula is C15H30N2. The highest BCUT2D eigenvalue weighted by Crippen LogP contribution is 2.32. The lowest BCUT2D eigenvalue weighted by Gasteiger charge is -2.42. The number of hydrogen-bond donors (Lipinski definition) is 1. The van der Waals surface area contributed by atoms with E-state index in [1.165, 1.54) is 51.6 Å². The van der Waals surface area contributed by atoms with Crippen LogP contribution in [-0.2, 0) is 0 Å². The SMILES string of the molecule is CC1CCCN(CC2CCCCC2CN)C1C. The maximum absolute atomic E-state index is 5.94. The summed E-state index contributed by atoms with van der Waals surface area (Å²) >= 11 is 0. The zero-order valence-electron chi connectivity index (χ0n) is 11.7. The first-order valence-corrected chi connectivity index (χ1v) is 7.66. The van der Waals surface area contributed by atoms with Crippen LogP contribution in [0.15, 0.2) is 0 Å². The smallest absolute Gasteiger partial charge is 0.00926 e. The van der Waals surface area contributed by atoms with E-state index in [-0.39, 0.29) is 0 Å². The van der Waals surface area contributed by atoms with Crippen molar-refractivity contribution in [1.82, 2.24) is 4.90 Å². The Labute approximate surface area is 107 Å². The lowest BCUT2D eigenvalue weighted by Crippen LogP contribution is -2.46. The third-order valence-corrected chi connectivity index (χ3v) is 5.34. The van der Waals surface area contributed by atoms with Gasteiger partial charge in [0.15, 0.2) is 0 Å². The molecule has 1 heterocycles. The van der Waals surface area contributed by atoms with Gasteiger partial charge in [-0.3, -0.25) is 0 Å². The Kier molecular flexibility index (Phi) is 4.87. The molecule has 1 saturated carbocycles. The van der Waals surface area contributed by atoms with Crippen LogP contribution in [-0.4, -0.2) is 30.6 Å². The van der Waals surface area contributed by atoms with Crippen LogP contribution in [0.25, 0.3) is 0 Å². The zero-order valence-corrected chi connectivity index (χ0v) is 11.7. The summed E-state index contributed by atoms with van der Waals surface area (Å²) in [5.41, 5.74) is 5.94. The van der Waals surface area contributed by atoms with Gasteiger partial charge in [0, 0.05) is 12.6 Å². The first kappa shape index (κ1) is 13.4. The minimum absolute atomic E-state index is 0.782. The molecule has 17 heavy (non-hydrogen) atoms. The highest BCUT2D eigenvalue weighted by Gasteiger charge is 2.30. The highest BCUT2D eigenvalue weighted by molar-refractivity contribution is 4.84. The quantitative estimate of drug-likeness (QED) is 0.819.